The largest absolute Gasteiger partial charge is 0.469 e. The Balaban J connectivity index is 2.11. The van der Waals surface area contributed by atoms with Gasteiger partial charge in [-0.15, -0.1) is 11.3 Å². The Kier molecular flexibility index (Phi) is 3.61. The smallest absolute Gasteiger partial charge is 0.105 e. The maximum absolute atomic E-state index is 5.35. The van der Waals surface area contributed by atoms with Crippen molar-refractivity contribution < 1.29 is 4.42 Å². The highest BCUT2D eigenvalue weighted by molar-refractivity contribution is 9.11. The molecule has 0 aliphatic heterocycles. The Hall–Kier alpha value is -0.580. The third-order valence-corrected chi connectivity index (χ3v) is 3.85. The van der Waals surface area contributed by atoms with Gasteiger partial charge in [-0.05, 0) is 52.1 Å². The Morgan fingerprint density at radius 1 is 1.60 bits per heavy atom. The number of hydrogen-bond donors (Lipinski definition) is 1. The summed E-state index contributed by atoms with van der Waals surface area (Å²) in [4.78, 5) is 0. The lowest BCUT2D eigenvalue weighted by Gasteiger charge is -2.12. The molecule has 2 nitrogen and oxygen atoms in total. The summed E-state index contributed by atoms with van der Waals surface area (Å²) in [6.45, 7) is 0. The van der Waals surface area contributed by atoms with Gasteiger partial charge in [-0.3, -0.25) is 0 Å². The Bertz CT molecular complexity index is 410. The van der Waals surface area contributed by atoms with Gasteiger partial charge in [0.15, 0.2) is 0 Å². The number of rotatable bonds is 4. The number of furan rings is 1. The lowest BCUT2D eigenvalue weighted by atomic mass is 10.1. The van der Waals surface area contributed by atoms with Gasteiger partial charge in [-0.2, -0.15) is 0 Å². The number of likely N-dealkylation sites (N-methyl/N-ethyl adjacent to an activating group) is 1. The van der Waals surface area contributed by atoms with Crippen LogP contribution in [0.15, 0.2) is 38.0 Å². The van der Waals surface area contributed by atoms with Gasteiger partial charge in [0.05, 0.1) is 10.0 Å². The van der Waals surface area contributed by atoms with Crippen molar-refractivity contribution in [2.24, 2.45) is 0 Å². The fourth-order valence-electron chi connectivity index (χ4n) is 1.52. The molecular formula is C11H12BrNOS. The first-order chi connectivity index (χ1) is 7.29. The minimum Gasteiger partial charge on any atom is -0.469 e. The Morgan fingerprint density at radius 3 is 3.00 bits per heavy atom. The molecule has 1 N–H and O–H groups in total. The third kappa shape index (κ3) is 2.71. The van der Waals surface area contributed by atoms with Crippen LogP contribution in [0.25, 0.3) is 0 Å². The molecule has 0 saturated heterocycles. The molecule has 0 aliphatic carbocycles. The van der Waals surface area contributed by atoms with E-state index in [0.717, 1.165) is 16.0 Å². The summed E-state index contributed by atoms with van der Waals surface area (Å²) in [5.74, 6) is 1.01. The molecule has 2 aromatic rings. The van der Waals surface area contributed by atoms with Crippen LogP contribution in [0.5, 0.6) is 0 Å². The van der Waals surface area contributed by atoms with Gasteiger partial charge in [0.2, 0.25) is 0 Å². The summed E-state index contributed by atoms with van der Waals surface area (Å²) < 4.78 is 6.51. The molecule has 1 atom stereocenters. The van der Waals surface area contributed by atoms with E-state index in [1.54, 1.807) is 17.6 Å². The highest BCUT2D eigenvalue weighted by atomic mass is 79.9. The highest BCUT2D eigenvalue weighted by Crippen LogP contribution is 2.27. The summed E-state index contributed by atoms with van der Waals surface area (Å²) in [5.41, 5.74) is 1.30. The van der Waals surface area contributed by atoms with Gasteiger partial charge in [0.25, 0.3) is 0 Å². The van der Waals surface area contributed by atoms with Crippen molar-refractivity contribution in [3.05, 3.63) is 45.0 Å². The van der Waals surface area contributed by atoms with Crippen molar-refractivity contribution in [2.75, 3.05) is 7.05 Å². The van der Waals surface area contributed by atoms with E-state index >= 15 is 0 Å². The van der Waals surface area contributed by atoms with Gasteiger partial charge >= 0.3 is 0 Å². The fraction of sp³-hybridized carbons (Fsp3) is 0.273. The average Bonchev–Trinajstić information content (AvgIpc) is 2.85. The van der Waals surface area contributed by atoms with E-state index < -0.39 is 0 Å². The van der Waals surface area contributed by atoms with E-state index in [2.05, 4.69) is 32.7 Å². The zero-order valence-electron chi connectivity index (χ0n) is 8.37. The van der Waals surface area contributed by atoms with Crippen LogP contribution in [-0.4, -0.2) is 7.05 Å². The Morgan fingerprint density at radius 2 is 2.47 bits per heavy atom. The maximum atomic E-state index is 5.35. The van der Waals surface area contributed by atoms with Crippen LogP contribution in [0.4, 0.5) is 0 Å². The first-order valence-corrected chi connectivity index (χ1v) is 6.40. The molecule has 0 amide bonds. The lowest BCUT2D eigenvalue weighted by Crippen LogP contribution is -2.17. The zero-order chi connectivity index (χ0) is 10.7. The second-order valence-corrected chi connectivity index (χ2v) is 5.60. The van der Waals surface area contributed by atoms with E-state index in [9.17, 15) is 0 Å². The molecule has 4 heteroatoms. The van der Waals surface area contributed by atoms with Crippen LogP contribution in [0.3, 0.4) is 0 Å². The Labute approximate surface area is 101 Å². The summed E-state index contributed by atoms with van der Waals surface area (Å²) in [7, 11) is 1.97. The summed E-state index contributed by atoms with van der Waals surface area (Å²) in [6, 6.07) is 6.39. The third-order valence-electron chi connectivity index (χ3n) is 2.32. The standard InChI is InChI=1S/C11H12BrNOS/c1-13-10(6-9-3-2-4-14-9)8-5-11(12)15-7-8/h2-5,7,10,13H,6H2,1H3. The molecule has 2 heterocycles. The van der Waals surface area contributed by atoms with Crippen LogP contribution >= 0.6 is 27.3 Å². The van der Waals surface area contributed by atoms with Crippen LogP contribution < -0.4 is 5.32 Å². The summed E-state index contributed by atoms with van der Waals surface area (Å²) in [5, 5.41) is 5.46. The van der Waals surface area contributed by atoms with Crippen molar-refractivity contribution in [3.63, 3.8) is 0 Å². The fourth-order valence-corrected chi connectivity index (χ4v) is 2.75. The molecule has 15 heavy (non-hydrogen) atoms. The molecule has 2 rings (SSSR count). The number of nitrogens with one attached hydrogen (secondary N) is 1. The topological polar surface area (TPSA) is 25.2 Å². The van der Waals surface area contributed by atoms with Crippen molar-refractivity contribution in [1.82, 2.24) is 5.32 Å². The summed E-state index contributed by atoms with van der Waals surface area (Å²) >= 11 is 5.18. The molecule has 0 aromatic carbocycles. The molecule has 0 spiro atoms. The predicted molar refractivity (Wildman–Crippen MR) is 66.2 cm³/mol. The van der Waals surface area contributed by atoms with Crippen LogP contribution in [0.1, 0.15) is 17.4 Å². The molecule has 0 bridgehead atoms. The lowest BCUT2D eigenvalue weighted by molar-refractivity contribution is 0.466. The monoisotopic (exact) mass is 285 g/mol. The molecule has 0 saturated carbocycles. The van der Waals surface area contributed by atoms with Crippen molar-refractivity contribution in [1.29, 1.82) is 0 Å². The van der Waals surface area contributed by atoms with Crippen molar-refractivity contribution >= 4 is 27.3 Å². The molecule has 0 fully saturated rings. The first kappa shape index (κ1) is 10.9. The van der Waals surface area contributed by atoms with Gasteiger partial charge in [-0.1, -0.05) is 0 Å². The van der Waals surface area contributed by atoms with Crippen LogP contribution in [0.2, 0.25) is 0 Å². The van der Waals surface area contributed by atoms with Crippen molar-refractivity contribution in [3.8, 4) is 0 Å². The second kappa shape index (κ2) is 4.96. The minimum absolute atomic E-state index is 0.318. The number of thiophene rings is 1. The maximum Gasteiger partial charge on any atom is 0.105 e. The van der Waals surface area contributed by atoms with Gasteiger partial charge < -0.3 is 9.73 Å². The molecule has 0 radical (unpaired) electrons. The quantitative estimate of drug-likeness (QED) is 0.929. The normalized spacial score (nSPS) is 12.9. The minimum atomic E-state index is 0.318. The van der Waals surface area contributed by atoms with Crippen LogP contribution in [-0.2, 0) is 6.42 Å². The SMILES string of the molecule is CNC(Cc1ccco1)c1csc(Br)c1. The molecule has 80 valence electrons. The van der Waals surface area contributed by atoms with E-state index in [0.29, 0.717) is 6.04 Å². The number of halogens is 1. The molecule has 1 unspecified atom stereocenters. The van der Waals surface area contributed by atoms with Gasteiger partial charge in [0.1, 0.15) is 5.76 Å². The average molecular weight is 286 g/mol. The first-order valence-electron chi connectivity index (χ1n) is 4.73. The molecular weight excluding hydrogens is 274 g/mol. The highest BCUT2D eigenvalue weighted by Gasteiger charge is 2.12. The van der Waals surface area contributed by atoms with Crippen LogP contribution in [0, 0.1) is 0 Å². The van der Waals surface area contributed by atoms with E-state index in [1.807, 2.05) is 19.2 Å². The second-order valence-electron chi connectivity index (χ2n) is 3.31. The van der Waals surface area contributed by atoms with E-state index in [1.165, 1.54) is 5.56 Å². The molecule has 2 aromatic heterocycles. The predicted octanol–water partition coefficient (Wildman–Crippen LogP) is 3.61. The van der Waals surface area contributed by atoms with Crippen molar-refractivity contribution in [2.45, 2.75) is 12.5 Å². The number of hydrogen-bond acceptors (Lipinski definition) is 3. The van der Waals surface area contributed by atoms with E-state index in [4.69, 9.17) is 4.42 Å². The van der Waals surface area contributed by atoms with Gasteiger partial charge in [0, 0.05) is 12.5 Å². The van der Waals surface area contributed by atoms with E-state index in [-0.39, 0.29) is 0 Å². The van der Waals surface area contributed by atoms with Gasteiger partial charge in [-0.25, -0.2) is 0 Å². The molecule has 0 aliphatic rings. The summed E-state index contributed by atoms with van der Waals surface area (Å²) in [6.07, 6.45) is 2.60. The zero-order valence-corrected chi connectivity index (χ0v) is 10.8.